The molecule has 0 radical (unpaired) electrons. The molecule has 0 amide bonds. The number of rotatable bonds is 5. The average Bonchev–Trinajstić information content (AvgIpc) is 2.37. The summed E-state index contributed by atoms with van der Waals surface area (Å²) in [6, 6.07) is -0.226. The lowest BCUT2D eigenvalue weighted by molar-refractivity contribution is -0.113. The fourth-order valence-corrected chi connectivity index (χ4v) is 2.84. The molecule has 0 aliphatic carbocycles. The molecule has 0 aromatic heterocycles. The zero-order valence-corrected chi connectivity index (χ0v) is 14.1. The molecule has 3 atom stereocenters. The Hall–Kier alpha value is -0.593. The van der Waals surface area contributed by atoms with Crippen LogP contribution >= 0.6 is 0 Å². The van der Waals surface area contributed by atoms with Crippen molar-refractivity contribution in [2.75, 3.05) is 20.3 Å². The molecule has 1 heterocycles. The Kier molecular flexibility index (Phi) is 5.46. The normalized spacial score (nSPS) is 28.6. The standard InChI is InChI=1S/C13H27N3O3Si/c1-13(2,3)20(5,6)19-9-12-11(17-4)7-10(8-18-12)15-16-14/h10-12H,7-9H2,1-6H3/t10-,11+,12-/m1/s1/i4D. The molecule has 6 nitrogen and oxygen atoms in total. The van der Waals surface area contributed by atoms with E-state index in [0.717, 1.165) is 0 Å². The van der Waals surface area contributed by atoms with E-state index in [0.29, 0.717) is 19.6 Å². The van der Waals surface area contributed by atoms with E-state index in [2.05, 4.69) is 43.9 Å². The van der Waals surface area contributed by atoms with Crippen molar-refractivity contribution < 1.29 is 15.3 Å². The molecule has 7 heteroatoms. The molecule has 0 aromatic carbocycles. The molecular weight excluding hydrogens is 274 g/mol. The van der Waals surface area contributed by atoms with Crippen LogP contribution in [0.25, 0.3) is 10.4 Å². The maximum Gasteiger partial charge on any atom is 0.192 e. The van der Waals surface area contributed by atoms with Gasteiger partial charge in [0.1, 0.15) is 6.10 Å². The summed E-state index contributed by atoms with van der Waals surface area (Å²) in [6.45, 7) is 11.8. The van der Waals surface area contributed by atoms with Crippen LogP contribution in [0, 0.1) is 0 Å². The van der Waals surface area contributed by atoms with Crippen molar-refractivity contribution in [1.29, 1.82) is 0 Å². The number of ether oxygens (including phenoxy) is 2. The Balaban J connectivity index is 2.62. The van der Waals surface area contributed by atoms with E-state index >= 15 is 0 Å². The molecule has 116 valence electrons. The molecule has 1 aliphatic heterocycles. The van der Waals surface area contributed by atoms with Crippen LogP contribution < -0.4 is 0 Å². The first-order valence-electron chi connectivity index (χ1n) is 7.62. The third-order valence-corrected chi connectivity index (χ3v) is 8.77. The molecule has 0 aromatic rings. The Bertz CT molecular complexity index is 383. The topological polar surface area (TPSA) is 76.5 Å². The maximum atomic E-state index is 8.51. The quantitative estimate of drug-likeness (QED) is 0.337. The summed E-state index contributed by atoms with van der Waals surface area (Å²) in [6.07, 6.45) is 0.125. The smallest absolute Gasteiger partial charge is 0.192 e. The Morgan fingerprint density at radius 3 is 2.75 bits per heavy atom. The van der Waals surface area contributed by atoms with Crippen molar-refractivity contribution in [3.63, 3.8) is 0 Å². The zero-order chi connectivity index (χ0) is 16.1. The van der Waals surface area contributed by atoms with Crippen LogP contribution in [-0.2, 0) is 13.9 Å². The molecule has 1 aliphatic rings. The second-order valence-corrected chi connectivity index (χ2v) is 11.6. The predicted octanol–water partition coefficient (Wildman–Crippen LogP) is 3.49. The molecule has 1 fully saturated rings. The summed E-state index contributed by atoms with van der Waals surface area (Å²) in [5, 5.41) is 3.82. The van der Waals surface area contributed by atoms with Crippen molar-refractivity contribution in [3.05, 3.63) is 10.4 Å². The van der Waals surface area contributed by atoms with Gasteiger partial charge >= 0.3 is 0 Å². The predicted molar refractivity (Wildman–Crippen MR) is 81.2 cm³/mol. The van der Waals surface area contributed by atoms with Crippen LogP contribution in [-0.4, -0.2) is 46.9 Å². The zero-order valence-electron chi connectivity index (χ0n) is 14.1. The van der Waals surface area contributed by atoms with Gasteiger partial charge in [0.15, 0.2) is 8.32 Å². The lowest BCUT2D eigenvalue weighted by Crippen LogP contribution is -2.48. The minimum absolute atomic E-state index is 0.131. The van der Waals surface area contributed by atoms with E-state index < -0.39 is 8.32 Å². The van der Waals surface area contributed by atoms with E-state index in [9.17, 15) is 0 Å². The van der Waals surface area contributed by atoms with Gasteiger partial charge in [-0.05, 0) is 30.1 Å². The molecule has 0 saturated carbocycles. The number of azide groups is 1. The highest BCUT2D eigenvalue weighted by molar-refractivity contribution is 6.74. The summed E-state index contributed by atoms with van der Waals surface area (Å²) in [5.41, 5.74) is 8.51. The van der Waals surface area contributed by atoms with E-state index in [1.807, 2.05) is 0 Å². The van der Waals surface area contributed by atoms with Gasteiger partial charge in [-0.3, -0.25) is 0 Å². The van der Waals surface area contributed by atoms with Gasteiger partial charge < -0.3 is 13.9 Å². The first-order valence-corrected chi connectivity index (χ1v) is 9.82. The van der Waals surface area contributed by atoms with E-state index in [4.69, 9.17) is 20.8 Å². The van der Waals surface area contributed by atoms with Gasteiger partial charge in [-0.1, -0.05) is 25.9 Å². The lowest BCUT2D eigenvalue weighted by Gasteiger charge is -2.39. The Morgan fingerprint density at radius 1 is 1.50 bits per heavy atom. The number of hydrogen-bond donors (Lipinski definition) is 0. The van der Waals surface area contributed by atoms with Crippen LogP contribution in [0.15, 0.2) is 5.11 Å². The van der Waals surface area contributed by atoms with E-state index in [1.54, 1.807) is 0 Å². The van der Waals surface area contributed by atoms with Crippen molar-refractivity contribution in [3.8, 4) is 0 Å². The van der Waals surface area contributed by atoms with Gasteiger partial charge in [-0.25, -0.2) is 0 Å². The van der Waals surface area contributed by atoms with Gasteiger partial charge in [0.2, 0.25) is 0 Å². The van der Waals surface area contributed by atoms with Gasteiger partial charge in [-0.2, -0.15) is 0 Å². The number of nitrogens with zero attached hydrogens (tertiary/aromatic N) is 3. The van der Waals surface area contributed by atoms with E-state index in [1.165, 1.54) is 0 Å². The number of hydrogen-bond acceptors (Lipinski definition) is 4. The third-order valence-electron chi connectivity index (χ3n) is 4.27. The highest BCUT2D eigenvalue weighted by Crippen LogP contribution is 2.37. The summed E-state index contributed by atoms with van der Waals surface area (Å²) in [5.74, 6) is 0. The summed E-state index contributed by atoms with van der Waals surface area (Å²) >= 11 is 0. The van der Waals surface area contributed by atoms with Crippen LogP contribution in [0.1, 0.15) is 28.6 Å². The molecule has 0 N–H and O–H groups in total. The van der Waals surface area contributed by atoms with Gasteiger partial charge in [-0.15, -0.1) is 0 Å². The molecule has 0 bridgehead atoms. The second kappa shape index (κ2) is 6.91. The molecule has 0 spiro atoms. The third kappa shape index (κ3) is 4.46. The van der Waals surface area contributed by atoms with Crippen LogP contribution in [0.4, 0.5) is 0 Å². The van der Waals surface area contributed by atoms with Gasteiger partial charge in [0, 0.05) is 12.0 Å². The van der Waals surface area contributed by atoms with Crippen molar-refractivity contribution >= 4 is 8.32 Å². The van der Waals surface area contributed by atoms with Crippen molar-refractivity contribution in [1.82, 2.24) is 0 Å². The molecule has 1 saturated heterocycles. The van der Waals surface area contributed by atoms with Gasteiger partial charge in [0.25, 0.3) is 0 Å². The van der Waals surface area contributed by atoms with Crippen LogP contribution in [0.3, 0.4) is 0 Å². The monoisotopic (exact) mass is 302 g/mol. The van der Waals surface area contributed by atoms with Crippen molar-refractivity contribution in [2.45, 2.75) is 63.6 Å². The minimum atomic E-state index is -1.84. The Morgan fingerprint density at radius 2 is 2.20 bits per heavy atom. The second-order valence-electron chi connectivity index (χ2n) is 6.74. The first-order chi connectivity index (χ1) is 9.71. The summed E-state index contributed by atoms with van der Waals surface area (Å²) in [7, 11) is -1.97. The minimum Gasteiger partial charge on any atom is -0.414 e. The van der Waals surface area contributed by atoms with Gasteiger partial charge in [0.05, 0.1) is 26.7 Å². The molecule has 0 unspecified atom stereocenters. The Labute approximate surface area is 123 Å². The highest BCUT2D eigenvalue weighted by atomic mass is 28.4. The SMILES string of the molecule is [2H]CO[C@H]1C[C@@H](N=[N+]=[N-])CO[C@@H]1CO[Si](C)(C)C(C)(C)C. The first kappa shape index (κ1) is 15.8. The largest absolute Gasteiger partial charge is 0.414 e. The van der Waals surface area contributed by atoms with E-state index in [-0.39, 0.29) is 30.4 Å². The van der Waals surface area contributed by atoms with Crippen molar-refractivity contribution in [2.24, 2.45) is 5.11 Å². The summed E-state index contributed by atoms with van der Waals surface area (Å²) in [4.78, 5) is 2.81. The lowest BCUT2D eigenvalue weighted by atomic mass is 10.0. The molecule has 1 rings (SSSR count). The highest BCUT2D eigenvalue weighted by Gasteiger charge is 2.39. The average molecular weight is 302 g/mol. The fraction of sp³-hybridized carbons (Fsp3) is 1.00. The maximum absolute atomic E-state index is 8.51. The molecular formula is C13H27N3O3Si. The van der Waals surface area contributed by atoms with Crippen LogP contribution in [0.2, 0.25) is 18.1 Å². The van der Waals surface area contributed by atoms with Crippen LogP contribution in [0.5, 0.6) is 0 Å². The summed E-state index contributed by atoms with van der Waals surface area (Å²) < 4.78 is 24.6. The molecule has 20 heavy (non-hydrogen) atoms. The number of methoxy groups -OCH3 is 1. The fourth-order valence-electron chi connectivity index (χ4n) is 1.82.